The number of hydrogen-bond acceptors (Lipinski definition) is 1. The molecule has 0 saturated heterocycles. The summed E-state index contributed by atoms with van der Waals surface area (Å²) in [6, 6.07) is 6.47. The van der Waals surface area contributed by atoms with E-state index in [2.05, 4.69) is 0 Å². The number of hydrogen-bond donors (Lipinski definition) is 1. The molecule has 0 unspecified atom stereocenters. The summed E-state index contributed by atoms with van der Waals surface area (Å²) in [6.07, 6.45) is -0.988. The summed E-state index contributed by atoms with van der Waals surface area (Å²) in [5.74, 6) is 0. The minimum Gasteiger partial charge on any atom is -0.398 e. The van der Waals surface area contributed by atoms with Crippen LogP contribution in [0.3, 0.4) is 0 Å². The van der Waals surface area contributed by atoms with E-state index in [0.717, 1.165) is 6.08 Å². The van der Waals surface area contributed by atoms with Gasteiger partial charge >= 0.3 is 0 Å². The predicted octanol–water partition coefficient (Wildman–Crippen LogP) is 2.51. The van der Waals surface area contributed by atoms with Crippen LogP contribution in [-0.4, -0.2) is 0 Å². The van der Waals surface area contributed by atoms with Gasteiger partial charge < -0.3 is 5.73 Å². The van der Waals surface area contributed by atoms with E-state index in [-0.39, 0.29) is 0 Å². The van der Waals surface area contributed by atoms with Gasteiger partial charge in [-0.3, -0.25) is 0 Å². The maximum Gasteiger partial charge on any atom is 0.270 e. The Morgan fingerprint density at radius 3 is 2.45 bits per heavy atom. The van der Waals surface area contributed by atoms with Crippen molar-refractivity contribution in [3.63, 3.8) is 0 Å². The molecule has 0 amide bonds. The van der Waals surface area contributed by atoms with E-state index < -0.39 is 6.08 Å². The van der Waals surface area contributed by atoms with Crippen LogP contribution >= 0.6 is 0 Å². The van der Waals surface area contributed by atoms with Crippen molar-refractivity contribution in [1.29, 1.82) is 0 Å². The zero-order valence-electron chi connectivity index (χ0n) is 5.72. The molecular formula is C8H7F2N. The van der Waals surface area contributed by atoms with E-state index in [9.17, 15) is 8.78 Å². The first kappa shape index (κ1) is 7.72. The first-order valence-electron chi connectivity index (χ1n) is 3.07. The summed E-state index contributed by atoms with van der Waals surface area (Å²) >= 11 is 0. The lowest BCUT2D eigenvalue weighted by Gasteiger charge is -1.96. The average molecular weight is 155 g/mol. The Kier molecular flexibility index (Phi) is 2.21. The molecule has 0 heterocycles. The summed E-state index contributed by atoms with van der Waals surface area (Å²) in [5.41, 5.74) is 6.11. The van der Waals surface area contributed by atoms with Crippen molar-refractivity contribution in [1.82, 2.24) is 0 Å². The maximum atomic E-state index is 11.7. The van der Waals surface area contributed by atoms with Gasteiger partial charge in [-0.05, 0) is 6.07 Å². The van der Waals surface area contributed by atoms with E-state index in [1.807, 2.05) is 0 Å². The Bertz CT molecular complexity index is 277. The normalized spacial score (nSPS) is 9.27. The second-order valence-corrected chi connectivity index (χ2v) is 2.06. The highest BCUT2D eigenvalue weighted by molar-refractivity contribution is 5.64. The van der Waals surface area contributed by atoms with Gasteiger partial charge in [-0.2, -0.15) is 8.78 Å². The molecule has 3 heteroatoms. The molecule has 0 fully saturated rings. The molecule has 1 aromatic carbocycles. The second kappa shape index (κ2) is 3.14. The highest BCUT2D eigenvalue weighted by Gasteiger charge is 1.95. The molecular weight excluding hydrogens is 148 g/mol. The summed E-state index contributed by atoms with van der Waals surface area (Å²) < 4.78 is 23.4. The topological polar surface area (TPSA) is 26.0 Å². The fourth-order valence-electron chi connectivity index (χ4n) is 0.760. The summed E-state index contributed by atoms with van der Waals surface area (Å²) in [5, 5.41) is 0. The number of nitrogens with two attached hydrogens (primary N) is 1. The van der Waals surface area contributed by atoms with Crippen LogP contribution in [0.15, 0.2) is 30.3 Å². The fraction of sp³-hybridized carbons (Fsp3) is 0. The molecule has 0 aromatic heterocycles. The molecule has 1 nitrogen and oxygen atoms in total. The minimum absolute atomic E-state index is 0.354. The van der Waals surface area contributed by atoms with Crippen molar-refractivity contribution >= 4 is 11.8 Å². The molecule has 0 aliphatic carbocycles. The first-order chi connectivity index (χ1) is 5.20. The first-order valence-corrected chi connectivity index (χ1v) is 3.07. The van der Waals surface area contributed by atoms with Crippen LogP contribution in [0, 0.1) is 0 Å². The van der Waals surface area contributed by atoms with Gasteiger partial charge in [0.2, 0.25) is 0 Å². The van der Waals surface area contributed by atoms with Gasteiger partial charge in [0, 0.05) is 17.3 Å². The third-order valence-electron chi connectivity index (χ3n) is 1.26. The lowest BCUT2D eigenvalue weighted by Crippen LogP contribution is -1.87. The van der Waals surface area contributed by atoms with Crippen LogP contribution in [0.25, 0.3) is 6.08 Å². The standard InChI is InChI=1S/C8H7F2N/c9-8(10)5-6-3-1-2-4-7(6)11/h1-5H,11H2. The van der Waals surface area contributed by atoms with Gasteiger partial charge in [0.15, 0.2) is 0 Å². The minimum atomic E-state index is -1.73. The largest absolute Gasteiger partial charge is 0.398 e. The number of rotatable bonds is 1. The van der Waals surface area contributed by atoms with Crippen LogP contribution in [0.5, 0.6) is 0 Å². The molecule has 2 N–H and O–H groups in total. The Morgan fingerprint density at radius 2 is 1.91 bits per heavy atom. The average Bonchev–Trinajstić information content (AvgIpc) is 1.93. The Hall–Kier alpha value is -1.38. The zero-order valence-corrected chi connectivity index (χ0v) is 5.72. The van der Waals surface area contributed by atoms with Crippen LogP contribution < -0.4 is 5.73 Å². The van der Waals surface area contributed by atoms with E-state index in [1.165, 1.54) is 6.07 Å². The molecule has 0 radical (unpaired) electrons. The summed E-state index contributed by atoms with van der Waals surface area (Å²) in [4.78, 5) is 0. The zero-order chi connectivity index (χ0) is 8.27. The van der Waals surface area contributed by atoms with E-state index in [0.29, 0.717) is 11.3 Å². The molecule has 0 aliphatic heterocycles. The van der Waals surface area contributed by atoms with Crippen molar-refractivity contribution in [2.24, 2.45) is 0 Å². The lowest BCUT2D eigenvalue weighted by atomic mass is 10.2. The molecule has 0 atom stereocenters. The monoisotopic (exact) mass is 155 g/mol. The maximum absolute atomic E-state index is 11.7. The summed E-state index contributed by atoms with van der Waals surface area (Å²) in [6.45, 7) is 0. The number of anilines is 1. The molecule has 58 valence electrons. The van der Waals surface area contributed by atoms with Crippen molar-refractivity contribution in [3.8, 4) is 0 Å². The number of nitrogen functional groups attached to an aromatic ring is 1. The Balaban J connectivity index is 3.04. The lowest BCUT2D eigenvalue weighted by molar-refractivity contribution is 0.429. The molecule has 0 bridgehead atoms. The van der Waals surface area contributed by atoms with Crippen LogP contribution in [0.4, 0.5) is 14.5 Å². The highest BCUT2D eigenvalue weighted by Crippen LogP contribution is 2.15. The van der Waals surface area contributed by atoms with Crippen molar-refractivity contribution in [2.75, 3.05) is 5.73 Å². The summed E-state index contributed by atoms with van der Waals surface area (Å²) in [7, 11) is 0. The SMILES string of the molecule is Nc1ccccc1C=C(F)F. The molecule has 1 aromatic rings. The molecule has 0 aliphatic rings. The van der Waals surface area contributed by atoms with Gasteiger partial charge in [-0.25, -0.2) is 0 Å². The van der Waals surface area contributed by atoms with Gasteiger partial charge in [0.25, 0.3) is 6.08 Å². The third-order valence-corrected chi connectivity index (χ3v) is 1.26. The van der Waals surface area contributed by atoms with E-state index in [1.54, 1.807) is 18.2 Å². The van der Waals surface area contributed by atoms with Crippen LogP contribution in [0.1, 0.15) is 5.56 Å². The molecule has 0 saturated carbocycles. The smallest absolute Gasteiger partial charge is 0.270 e. The van der Waals surface area contributed by atoms with Crippen LogP contribution in [0.2, 0.25) is 0 Å². The Morgan fingerprint density at radius 1 is 1.27 bits per heavy atom. The van der Waals surface area contributed by atoms with Gasteiger partial charge in [0.05, 0.1) is 0 Å². The van der Waals surface area contributed by atoms with Gasteiger partial charge in [0.1, 0.15) is 0 Å². The van der Waals surface area contributed by atoms with Gasteiger partial charge in [-0.15, -0.1) is 0 Å². The number of benzene rings is 1. The Labute approximate surface area is 63.1 Å². The van der Waals surface area contributed by atoms with E-state index >= 15 is 0 Å². The van der Waals surface area contributed by atoms with Crippen molar-refractivity contribution < 1.29 is 8.78 Å². The van der Waals surface area contributed by atoms with Crippen molar-refractivity contribution in [2.45, 2.75) is 0 Å². The molecule has 11 heavy (non-hydrogen) atoms. The molecule has 1 rings (SSSR count). The molecule has 0 spiro atoms. The van der Waals surface area contributed by atoms with Crippen molar-refractivity contribution in [3.05, 3.63) is 35.9 Å². The predicted molar refractivity (Wildman–Crippen MR) is 41.0 cm³/mol. The highest BCUT2D eigenvalue weighted by atomic mass is 19.3. The third kappa shape index (κ3) is 2.04. The van der Waals surface area contributed by atoms with Gasteiger partial charge in [-0.1, -0.05) is 18.2 Å². The fourth-order valence-corrected chi connectivity index (χ4v) is 0.760. The van der Waals surface area contributed by atoms with E-state index in [4.69, 9.17) is 5.73 Å². The number of para-hydroxylation sites is 1. The second-order valence-electron chi connectivity index (χ2n) is 2.06. The quantitative estimate of drug-likeness (QED) is 0.619. The number of halogens is 2. The van der Waals surface area contributed by atoms with Crippen LogP contribution in [-0.2, 0) is 0 Å².